The van der Waals surface area contributed by atoms with Gasteiger partial charge in [-0.25, -0.2) is 0 Å². The number of ether oxygens (including phenoxy) is 2. The minimum absolute atomic E-state index is 0.122. The van der Waals surface area contributed by atoms with Crippen LogP contribution in [0.3, 0.4) is 0 Å². The number of nitro groups is 1. The lowest BCUT2D eigenvalue weighted by molar-refractivity contribution is -0.385. The van der Waals surface area contributed by atoms with E-state index in [1.54, 1.807) is 13.0 Å². The molecule has 0 aliphatic rings. The Bertz CT molecular complexity index is 542. The highest BCUT2D eigenvalue weighted by Crippen LogP contribution is 2.26. The Kier molecular flexibility index (Phi) is 5.35. The monoisotopic (exact) mass is 263 g/mol. The molecule has 1 aromatic carbocycles. The summed E-state index contributed by atoms with van der Waals surface area (Å²) >= 11 is 0. The van der Waals surface area contributed by atoms with Gasteiger partial charge < -0.3 is 9.47 Å². The number of nitro benzene ring substituents is 1. The molecule has 0 fully saturated rings. The second kappa shape index (κ2) is 7.01. The summed E-state index contributed by atoms with van der Waals surface area (Å²) in [6, 6.07) is 4.41. The Balaban J connectivity index is 3.02. The van der Waals surface area contributed by atoms with Gasteiger partial charge in [-0.2, -0.15) is 0 Å². The molecule has 19 heavy (non-hydrogen) atoms. The van der Waals surface area contributed by atoms with Gasteiger partial charge in [-0.15, -0.1) is 0 Å². The van der Waals surface area contributed by atoms with Crippen molar-refractivity contribution >= 4 is 11.7 Å². The van der Waals surface area contributed by atoms with Crippen molar-refractivity contribution in [3.8, 4) is 17.6 Å². The van der Waals surface area contributed by atoms with Crippen LogP contribution in [-0.2, 0) is 9.53 Å². The molecule has 1 rings (SSSR count). The van der Waals surface area contributed by atoms with Gasteiger partial charge in [0.2, 0.25) is 0 Å². The van der Waals surface area contributed by atoms with Gasteiger partial charge in [0.15, 0.2) is 0 Å². The smallest absolute Gasteiger partial charge is 0.317 e. The second-order valence-corrected chi connectivity index (χ2v) is 3.40. The van der Waals surface area contributed by atoms with Crippen LogP contribution in [0.2, 0.25) is 0 Å². The molecular formula is C13H13NO5. The summed E-state index contributed by atoms with van der Waals surface area (Å²) in [5, 5.41) is 10.9. The van der Waals surface area contributed by atoms with E-state index in [1.165, 1.54) is 19.2 Å². The Hall–Kier alpha value is -2.55. The third-order valence-corrected chi connectivity index (χ3v) is 2.17. The molecule has 0 saturated heterocycles. The molecule has 0 amide bonds. The van der Waals surface area contributed by atoms with Gasteiger partial charge in [0.1, 0.15) is 17.7 Å². The van der Waals surface area contributed by atoms with Crippen molar-refractivity contribution in [2.45, 2.75) is 13.3 Å². The molecule has 0 atom stereocenters. The Labute approximate surface area is 110 Å². The summed E-state index contributed by atoms with van der Waals surface area (Å²) < 4.78 is 9.73. The Morgan fingerprint density at radius 1 is 1.47 bits per heavy atom. The normalized spacial score (nSPS) is 9.16. The number of rotatable bonds is 4. The molecule has 0 aliphatic carbocycles. The van der Waals surface area contributed by atoms with Crippen molar-refractivity contribution in [1.29, 1.82) is 0 Å². The molecule has 100 valence electrons. The van der Waals surface area contributed by atoms with Gasteiger partial charge in [-0.1, -0.05) is 17.9 Å². The molecule has 0 heterocycles. The fourth-order valence-corrected chi connectivity index (χ4v) is 1.38. The standard InChI is InChI=1S/C13H13NO5/c1-3-19-13(15)9-4-6-10-11(14(16)17)7-5-8-12(10)18-2/h5,7-8H,3,9H2,1-2H3. The zero-order valence-corrected chi connectivity index (χ0v) is 10.6. The second-order valence-electron chi connectivity index (χ2n) is 3.40. The van der Waals surface area contributed by atoms with Crippen LogP contribution < -0.4 is 4.74 Å². The summed E-state index contributed by atoms with van der Waals surface area (Å²) in [7, 11) is 1.40. The Morgan fingerprint density at radius 3 is 2.79 bits per heavy atom. The van der Waals surface area contributed by atoms with Crippen molar-refractivity contribution in [3.05, 3.63) is 33.9 Å². The third kappa shape index (κ3) is 4.00. The minimum Gasteiger partial charge on any atom is -0.495 e. The molecule has 6 nitrogen and oxygen atoms in total. The van der Waals surface area contributed by atoms with E-state index in [0.717, 1.165) is 0 Å². The molecule has 0 N–H and O–H groups in total. The summed E-state index contributed by atoms with van der Waals surface area (Å²) in [6.07, 6.45) is -0.122. The first-order valence-corrected chi connectivity index (χ1v) is 5.56. The van der Waals surface area contributed by atoms with Crippen LogP contribution in [0.1, 0.15) is 18.9 Å². The average Bonchev–Trinajstić information content (AvgIpc) is 2.38. The number of methoxy groups -OCH3 is 1. The fourth-order valence-electron chi connectivity index (χ4n) is 1.38. The minimum atomic E-state index is -0.545. The Morgan fingerprint density at radius 2 is 2.21 bits per heavy atom. The number of carbonyl (C=O) groups excluding carboxylic acids is 1. The first kappa shape index (κ1) is 14.5. The lowest BCUT2D eigenvalue weighted by Gasteiger charge is -2.03. The molecule has 0 unspecified atom stereocenters. The maximum atomic E-state index is 11.1. The van der Waals surface area contributed by atoms with E-state index >= 15 is 0 Å². The summed E-state index contributed by atoms with van der Waals surface area (Å²) in [5.74, 6) is 4.96. The van der Waals surface area contributed by atoms with Crippen LogP contribution in [0.15, 0.2) is 18.2 Å². The van der Waals surface area contributed by atoms with Crippen LogP contribution in [0.25, 0.3) is 0 Å². The van der Waals surface area contributed by atoms with E-state index in [9.17, 15) is 14.9 Å². The molecule has 0 aromatic heterocycles. The van der Waals surface area contributed by atoms with Gasteiger partial charge in [-0.05, 0) is 13.0 Å². The average molecular weight is 263 g/mol. The SMILES string of the molecule is CCOC(=O)CC#Cc1c(OC)cccc1[N+](=O)[O-]. The highest BCUT2D eigenvalue weighted by atomic mass is 16.6. The quantitative estimate of drug-likeness (QED) is 0.359. The molecule has 0 spiro atoms. The highest BCUT2D eigenvalue weighted by molar-refractivity contribution is 5.73. The lowest BCUT2D eigenvalue weighted by atomic mass is 10.1. The summed E-state index contributed by atoms with van der Waals surface area (Å²) in [6.45, 7) is 1.96. The zero-order valence-electron chi connectivity index (χ0n) is 10.6. The van der Waals surface area contributed by atoms with E-state index in [4.69, 9.17) is 9.47 Å². The number of hydrogen-bond acceptors (Lipinski definition) is 5. The highest BCUT2D eigenvalue weighted by Gasteiger charge is 2.16. The number of hydrogen-bond donors (Lipinski definition) is 0. The predicted octanol–water partition coefficient (Wildman–Crippen LogP) is 1.91. The molecule has 6 heteroatoms. The first-order valence-electron chi connectivity index (χ1n) is 5.56. The maximum absolute atomic E-state index is 11.1. The lowest BCUT2D eigenvalue weighted by Crippen LogP contribution is -2.02. The third-order valence-electron chi connectivity index (χ3n) is 2.17. The number of benzene rings is 1. The number of carbonyl (C=O) groups is 1. The van der Waals surface area contributed by atoms with Gasteiger partial charge >= 0.3 is 5.97 Å². The van der Waals surface area contributed by atoms with E-state index in [2.05, 4.69) is 11.8 Å². The van der Waals surface area contributed by atoms with Crippen LogP contribution in [0.4, 0.5) is 5.69 Å². The van der Waals surface area contributed by atoms with Crippen LogP contribution in [-0.4, -0.2) is 24.6 Å². The van der Waals surface area contributed by atoms with Crippen LogP contribution in [0, 0.1) is 22.0 Å². The predicted molar refractivity (Wildman–Crippen MR) is 67.8 cm³/mol. The van der Waals surface area contributed by atoms with Crippen LogP contribution >= 0.6 is 0 Å². The van der Waals surface area contributed by atoms with E-state index < -0.39 is 10.9 Å². The number of esters is 1. The van der Waals surface area contributed by atoms with Gasteiger partial charge in [-0.3, -0.25) is 14.9 Å². The molecule has 1 aromatic rings. The molecule has 0 bridgehead atoms. The van der Waals surface area contributed by atoms with Crippen molar-refractivity contribution in [1.82, 2.24) is 0 Å². The van der Waals surface area contributed by atoms with E-state index in [-0.39, 0.29) is 24.3 Å². The van der Waals surface area contributed by atoms with Gasteiger partial charge in [0.25, 0.3) is 5.69 Å². The largest absolute Gasteiger partial charge is 0.495 e. The zero-order chi connectivity index (χ0) is 14.3. The van der Waals surface area contributed by atoms with Gasteiger partial charge in [0.05, 0.1) is 18.6 Å². The topological polar surface area (TPSA) is 78.7 Å². The summed E-state index contributed by atoms with van der Waals surface area (Å²) in [4.78, 5) is 21.5. The van der Waals surface area contributed by atoms with Crippen molar-refractivity contribution in [2.24, 2.45) is 0 Å². The molecule has 0 radical (unpaired) electrons. The van der Waals surface area contributed by atoms with E-state index in [0.29, 0.717) is 5.75 Å². The van der Waals surface area contributed by atoms with Crippen molar-refractivity contribution in [2.75, 3.05) is 13.7 Å². The van der Waals surface area contributed by atoms with E-state index in [1.807, 2.05) is 0 Å². The van der Waals surface area contributed by atoms with Gasteiger partial charge in [0, 0.05) is 6.07 Å². The number of nitrogens with zero attached hydrogens (tertiary/aromatic N) is 1. The first-order chi connectivity index (χ1) is 9.10. The van der Waals surface area contributed by atoms with Crippen molar-refractivity contribution < 1.29 is 19.2 Å². The molecule has 0 aliphatic heterocycles. The van der Waals surface area contributed by atoms with Crippen molar-refractivity contribution in [3.63, 3.8) is 0 Å². The fraction of sp³-hybridized carbons (Fsp3) is 0.308. The molecular weight excluding hydrogens is 250 g/mol. The molecule has 0 saturated carbocycles. The summed E-state index contributed by atoms with van der Waals surface area (Å²) in [5.41, 5.74) is -0.00462. The van der Waals surface area contributed by atoms with Crippen LogP contribution in [0.5, 0.6) is 5.75 Å². The maximum Gasteiger partial charge on any atom is 0.317 e.